The Morgan fingerprint density at radius 2 is 2.30 bits per heavy atom. The highest BCUT2D eigenvalue weighted by molar-refractivity contribution is 7.86. The third-order valence-corrected chi connectivity index (χ3v) is 5.32. The maximum absolute atomic E-state index is 12.7. The maximum Gasteiger partial charge on any atom is 0.302 e. The quantitative estimate of drug-likeness (QED) is 0.772. The van der Waals surface area contributed by atoms with Crippen LogP contribution in [0, 0.1) is 5.92 Å². The molecule has 0 radical (unpaired) electrons. The SMILES string of the molecule is O=C1CC(CS(=O)(=O)F)CN1c1nc2c(s1)COCC2. The molecule has 0 spiro atoms. The Balaban J connectivity index is 1.77. The molecule has 1 aromatic heterocycles. The lowest BCUT2D eigenvalue weighted by Gasteiger charge is -2.12. The standard InChI is InChI=1S/C11H13FN2O4S2/c12-20(16,17)6-7-3-10(15)14(4-7)11-13-8-1-2-18-5-9(8)19-11/h7H,1-6H2. The van der Waals surface area contributed by atoms with Crippen LogP contribution in [0.4, 0.5) is 9.02 Å². The first-order valence-electron chi connectivity index (χ1n) is 6.21. The van der Waals surface area contributed by atoms with E-state index < -0.39 is 21.9 Å². The number of carbonyl (C=O) groups is 1. The minimum atomic E-state index is -4.55. The van der Waals surface area contributed by atoms with Crippen molar-refractivity contribution in [1.29, 1.82) is 0 Å². The normalized spacial score (nSPS) is 23.1. The van der Waals surface area contributed by atoms with Gasteiger partial charge in [0, 0.05) is 25.3 Å². The van der Waals surface area contributed by atoms with Gasteiger partial charge in [-0.25, -0.2) is 4.98 Å². The van der Waals surface area contributed by atoms with Gasteiger partial charge in [-0.2, -0.15) is 8.42 Å². The minimum absolute atomic E-state index is 0.0455. The lowest BCUT2D eigenvalue weighted by Crippen LogP contribution is -2.25. The molecule has 1 aromatic rings. The van der Waals surface area contributed by atoms with Crippen molar-refractivity contribution in [3.8, 4) is 0 Å². The average Bonchev–Trinajstić information content (AvgIpc) is 2.90. The predicted molar refractivity (Wildman–Crippen MR) is 70.8 cm³/mol. The van der Waals surface area contributed by atoms with Gasteiger partial charge in [-0.05, 0) is 0 Å². The number of thiazole rings is 1. The molecule has 20 heavy (non-hydrogen) atoms. The van der Waals surface area contributed by atoms with Crippen molar-refractivity contribution >= 4 is 32.6 Å². The lowest BCUT2D eigenvalue weighted by molar-refractivity contribution is -0.117. The summed E-state index contributed by atoms with van der Waals surface area (Å²) in [5.41, 5.74) is 0.936. The Morgan fingerprint density at radius 1 is 1.50 bits per heavy atom. The number of halogens is 1. The zero-order valence-electron chi connectivity index (χ0n) is 10.5. The van der Waals surface area contributed by atoms with E-state index in [-0.39, 0.29) is 18.9 Å². The molecule has 3 rings (SSSR count). The van der Waals surface area contributed by atoms with Crippen LogP contribution in [0.15, 0.2) is 0 Å². The van der Waals surface area contributed by atoms with Crippen LogP contribution in [0.25, 0.3) is 0 Å². The molecule has 1 amide bonds. The van der Waals surface area contributed by atoms with Crippen LogP contribution < -0.4 is 4.90 Å². The van der Waals surface area contributed by atoms with Gasteiger partial charge in [0.25, 0.3) is 0 Å². The molecular weight excluding hydrogens is 307 g/mol. The maximum atomic E-state index is 12.7. The van der Waals surface area contributed by atoms with Crippen molar-refractivity contribution in [3.05, 3.63) is 10.6 Å². The largest absolute Gasteiger partial charge is 0.375 e. The topological polar surface area (TPSA) is 76.6 Å². The van der Waals surface area contributed by atoms with E-state index in [1.54, 1.807) is 0 Å². The number of hydrogen-bond donors (Lipinski definition) is 0. The molecule has 0 aromatic carbocycles. The summed E-state index contributed by atoms with van der Waals surface area (Å²) in [6.45, 7) is 1.32. The fraction of sp³-hybridized carbons (Fsp3) is 0.636. The molecule has 2 aliphatic rings. The van der Waals surface area contributed by atoms with Gasteiger partial charge in [-0.15, -0.1) is 3.89 Å². The van der Waals surface area contributed by atoms with Crippen LogP contribution in [-0.4, -0.2) is 38.2 Å². The highest BCUT2D eigenvalue weighted by Crippen LogP contribution is 2.33. The minimum Gasteiger partial charge on any atom is -0.375 e. The molecule has 110 valence electrons. The van der Waals surface area contributed by atoms with Crippen molar-refractivity contribution in [2.75, 3.05) is 23.8 Å². The zero-order chi connectivity index (χ0) is 14.3. The molecular formula is C11H13FN2O4S2. The molecule has 1 fully saturated rings. The molecule has 3 heterocycles. The molecule has 0 saturated carbocycles. The summed E-state index contributed by atoms with van der Waals surface area (Å²) in [5.74, 6) is -1.32. The van der Waals surface area contributed by atoms with Crippen molar-refractivity contribution < 1.29 is 21.8 Å². The Morgan fingerprint density at radius 3 is 3.00 bits per heavy atom. The van der Waals surface area contributed by atoms with E-state index in [0.29, 0.717) is 18.3 Å². The van der Waals surface area contributed by atoms with Gasteiger partial charge < -0.3 is 4.74 Å². The summed E-state index contributed by atoms with van der Waals surface area (Å²) >= 11 is 1.38. The van der Waals surface area contributed by atoms with E-state index >= 15 is 0 Å². The van der Waals surface area contributed by atoms with E-state index in [4.69, 9.17) is 4.74 Å². The van der Waals surface area contributed by atoms with Crippen LogP contribution in [0.3, 0.4) is 0 Å². The number of amides is 1. The fourth-order valence-electron chi connectivity index (χ4n) is 2.49. The lowest BCUT2D eigenvalue weighted by atomic mass is 10.1. The van der Waals surface area contributed by atoms with E-state index in [1.165, 1.54) is 16.2 Å². The first kappa shape index (κ1) is 13.9. The Kier molecular flexibility index (Phi) is 3.51. The number of ether oxygens (including phenoxy) is 1. The summed E-state index contributed by atoms with van der Waals surface area (Å²) in [4.78, 5) is 18.8. The summed E-state index contributed by atoms with van der Waals surface area (Å²) in [6, 6.07) is 0. The second-order valence-electron chi connectivity index (χ2n) is 4.95. The molecule has 6 nitrogen and oxygen atoms in total. The van der Waals surface area contributed by atoms with Gasteiger partial charge in [-0.3, -0.25) is 9.69 Å². The van der Waals surface area contributed by atoms with Gasteiger partial charge in [0.2, 0.25) is 5.91 Å². The molecule has 2 aliphatic heterocycles. The van der Waals surface area contributed by atoms with E-state index in [9.17, 15) is 17.1 Å². The van der Waals surface area contributed by atoms with Crippen molar-refractivity contribution in [2.24, 2.45) is 5.92 Å². The molecule has 0 aliphatic carbocycles. The Hall–Kier alpha value is -1.06. The molecule has 1 unspecified atom stereocenters. The first-order valence-corrected chi connectivity index (χ1v) is 8.58. The van der Waals surface area contributed by atoms with Crippen LogP contribution in [0.2, 0.25) is 0 Å². The van der Waals surface area contributed by atoms with Gasteiger partial charge in [0.05, 0.1) is 29.5 Å². The third kappa shape index (κ3) is 2.84. The van der Waals surface area contributed by atoms with Crippen LogP contribution >= 0.6 is 11.3 Å². The predicted octanol–water partition coefficient (Wildman–Crippen LogP) is 0.868. The summed E-state index contributed by atoms with van der Waals surface area (Å²) < 4.78 is 39.4. The Labute approximate surface area is 119 Å². The number of carbonyl (C=O) groups excluding carboxylic acids is 1. The van der Waals surface area contributed by atoms with E-state index in [0.717, 1.165) is 17.0 Å². The zero-order valence-corrected chi connectivity index (χ0v) is 12.2. The summed E-state index contributed by atoms with van der Waals surface area (Å²) in [5, 5.41) is 0.559. The van der Waals surface area contributed by atoms with Gasteiger partial charge >= 0.3 is 10.2 Å². The van der Waals surface area contributed by atoms with Crippen LogP contribution in [-0.2, 0) is 32.8 Å². The first-order chi connectivity index (χ1) is 9.42. The van der Waals surface area contributed by atoms with Crippen LogP contribution in [0.5, 0.6) is 0 Å². The smallest absolute Gasteiger partial charge is 0.302 e. The van der Waals surface area contributed by atoms with Gasteiger partial charge in [0.15, 0.2) is 5.13 Å². The molecule has 1 atom stereocenters. The monoisotopic (exact) mass is 320 g/mol. The number of fused-ring (bicyclic) bond motifs is 1. The molecule has 0 bridgehead atoms. The fourth-order valence-corrected chi connectivity index (χ4v) is 4.34. The van der Waals surface area contributed by atoms with Crippen molar-refractivity contribution in [1.82, 2.24) is 4.98 Å². The second-order valence-corrected chi connectivity index (χ2v) is 7.42. The van der Waals surface area contributed by atoms with Crippen molar-refractivity contribution in [3.63, 3.8) is 0 Å². The molecule has 1 saturated heterocycles. The summed E-state index contributed by atoms with van der Waals surface area (Å²) in [6.07, 6.45) is 0.764. The number of aromatic nitrogens is 1. The van der Waals surface area contributed by atoms with Gasteiger partial charge in [0.1, 0.15) is 0 Å². The van der Waals surface area contributed by atoms with E-state index in [1.807, 2.05) is 0 Å². The van der Waals surface area contributed by atoms with Gasteiger partial charge in [-0.1, -0.05) is 11.3 Å². The number of hydrogen-bond acceptors (Lipinski definition) is 6. The van der Waals surface area contributed by atoms with Crippen molar-refractivity contribution in [2.45, 2.75) is 19.4 Å². The third-order valence-electron chi connectivity index (χ3n) is 3.35. The molecule has 0 N–H and O–H groups in total. The summed E-state index contributed by atoms with van der Waals surface area (Å²) in [7, 11) is -4.55. The van der Waals surface area contributed by atoms with E-state index in [2.05, 4.69) is 4.98 Å². The second kappa shape index (κ2) is 5.05. The number of anilines is 1. The van der Waals surface area contributed by atoms with Crippen LogP contribution in [0.1, 0.15) is 17.0 Å². The molecule has 9 heteroatoms. The number of rotatable bonds is 3. The average molecular weight is 320 g/mol. The highest BCUT2D eigenvalue weighted by atomic mass is 32.3. The number of nitrogens with zero attached hydrogens (tertiary/aromatic N) is 2. The highest BCUT2D eigenvalue weighted by Gasteiger charge is 2.35. The Bertz CT molecular complexity index is 619.